The summed E-state index contributed by atoms with van der Waals surface area (Å²) >= 11 is 0. The van der Waals surface area contributed by atoms with E-state index in [0.29, 0.717) is 0 Å². The smallest absolute Gasteiger partial charge is 0.189 e. The van der Waals surface area contributed by atoms with E-state index in [0.717, 1.165) is 17.7 Å². The van der Waals surface area contributed by atoms with Gasteiger partial charge in [0.15, 0.2) is 8.32 Å². The molecule has 0 aliphatic carbocycles. The van der Waals surface area contributed by atoms with Crippen molar-refractivity contribution < 1.29 is 14.6 Å². The van der Waals surface area contributed by atoms with Crippen LogP contribution in [0.25, 0.3) is 0 Å². The van der Waals surface area contributed by atoms with Crippen molar-refractivity contribution in [3.63, 3.8) is 0 Å². The Balaban J connectivity index is 0.000000229. The Labute approximate surface area is 197 Å². The van der Waals surface area contributed by atoms with E-state index in [-0.39, 0.29) is 16.9 Å². The zero-order valence-corrected chi connectivity index (χ0v) is 21.7. The fourth-order valence-electron chi connectivity index (χ4n) is 4.39. The topological polar surface area (TPSA) is 49.7 Å². The molecule has 1 aliphatic heterocycles. The molecule has 1 saturated heterocycles. The maximum atomic E-state index is 9.30. The van der Waals surface area contributed by atoms with Gasteiger partial charge in [-0.2, -0.15) is 0 Å². The zero-order valence-electron chi connectivity index (χ0n) is 20.7. The average Bonchev–Trinajstić information content (AvgIpc) is 2.78. The molecule has 1 aliphatic rings. The van der Waals surface area contributed by atoms with E-state index < -0.39 is 8.32 Å². The number of hydrogen-bond donors (Lipinski definition) is 2. The lowest BCUT2D eigenvalue weighted by Crippen LogP contribution is -2.37. The van der Waals surface area contributed by atoms with Crippen LogP contribution in [0.5, 0.6) is 11.5 Å². The number of benzene rings is 2. The maximum Gasteiger partial charge on any atom is 0.189 e. The zero-order chi connectivity index (χ0) is 23.5. The van der Waals surface area contributed by atoms with Gasteiger partial charge in [-0.25, -0.2) is 0 Å². The van der Waals surface area contributed by atoms with Crippen LogP contribution < -0.4 is 0 Å². The van der Waals surface area contributed by atoms with Gasteiger partial charge in [0.05, 0.1) is 0 Å². The molecule has 32 heavy (non-hydrogen) atoms. The Morgan fingerprint density at radius 3 is 1.75 bits per heavy atom. The second-order valence-corrected chi connectivity index (χ2v) is 14.2. The molecule has 2 N–H and O–H groups in total. The van der Waals surface area contributed by atoms with E-state index in [2.05, 4.69) is 27.3 Å². The molecule has 1 unspecified atom stereocenters. The van der Waals surface area contributed by atoms with Crippen molar-refractivity contribution in [3.05, 3.63) is 59.7 Å². The van der Waals surface area contributed by atoms with Crippen molar-refractivity contribution in [3.8, 4) is 11.5 Å². The molecule has 3 nitrogen and oxygen atoms in total. The van der Waals surface area contributed by atoms with Gasteiger partial charge in [-0.1, -0.05) is 90.0 Å². The summed E-state index contributed by atoms with van der Waals surface area (Å²) in [6.07, 6.45) is 11.3. The van der Waals surface area contributed by atoms with Crippen molar-refractivity contribution in [1.29, 1.82) is 0 Å². The summed E-state index contributed by atoms with van der Waals surface area (Å²) in [5.74, 6) is 0.547. The Bertz CT molecular complexity index is 715. The number of rotatable bonds is 9. The first-order valence-electron chi connectivity index (χ1n) is 12.5. The van der Waals surface area contributed by atoms with Gasteiger partial charge in [0.2, 0.25) is 0 Å². The standard InChI is InChI=1S/C15H16O2.C13H28OSi/c1-15(2,11-3-7-13(16)8-4-11)12-5-9-14(17)10-6-12;1-3-4-5-6-7-9-12-15(2)13-10-8-11-14-15/h3-10,16-17H,1-2H3;3-13H2,1-2H3. The highest BCUT2D eigenvalue weighted by Gasteiger charge is 2.30. The number of phenols is 2. The van der Waals surface area contributed by atoms with Gasteiger partial charge >= 0.3 is 0 Å². The third-order valence-electron chi connectivity index (χ3n) is 6.79. The van der Waals surface area contributed by atoms with Crippen LogP contribution in [-0.4, -0.2) is 25.1 Å². The van der Waals surface area contributed by atoms with Gasteiger partial charge < -0.3 is 14.6 Å². The van der Waals surface area contributed by atoms with E-state index in [1.54, 1.807) is 24.3 Å². The number of aromatic hydroxyl groups is 2. The Morgan fingerprint density at radius 2 is 1.28 bits per heavy atom. The van der Waals surface area contributed by atoms with Gasteiger partial charge in [0.25, 0.3) is 0 Å². The lowest BCUT2D eigenvalue weighted by molar-refractivity contribution is 0.269. The van der Waals surface area contributed by atoms with Crippen LogP contribution in [0, 0.1) is 0 Å². The highest BCUT2D eigenvalue weighted by Crippen LogP contribution is 2.33. The summed E-state index contributed by atoms with van der Waals surface area (Å²) in [6, 6.07) is 17.3. The van der Waals surface area contributed by atoms with Gasteiger partial charge in [-0.3, -0.25) is 0 Å². The first-order valence-corrected chi connectivity index (χ1v) is 15.3. The van der Waals surface area contributed by atoms with Crippen LogP contribution in [0.15, 0.2) is 48.5 Å². The maximum absolute atomic E-state index is 9.30. The minimum absolute atomic E-state index is 0.151. The minimum atomic E-state index is -1.21. The van der Waals surface area contributed by atoms with E-state index in [1.807, 2.05) is 24.3 Å². The van der Waals surface area contributed by atoms with Crippen LogP contribution in [0.4, 0.5) is 0 Å². The summed E-state index contributed by atoms with van der Waals surface area (Å²) in [6.45, 7) is 10.0. The van der Waals surface area contributed by atoms with Crippen molar-refractivity contribution in [2.45, 2.75) is 96.2 Å². The van der Waals surface area contributed by atoms with E-state index in [4.69, 9.17) is 4.43 Å². The minimum Gasteiger partial charge on any atom is -0.508 e. The molecule has 0 spiro atoms. The van der Waals surface area contributed by atoms with Gasteiger partial charge in [-0.15, -0.1) is 0 Å². The summed E-state index contributed by atoms with van der Waals surface area (Å²) in [5.41, 5.74) is 2.10. The van der Waals surface area contributed by atoms with Crippen LogP contribution in [0.1, 0.15) is 83.3 Å². The summed E-state index contributed by atoms with van der Waals surface area (Å²) in [5, 5.41) is 18.6. The molecule has 0 saturated carbocycles. The Morgan fingerprint density at radius 1 is 0.781 bits per heavy atom. The second-order valence-electron chi connectivity index (χ2n) is 9.99. The molecule has 0 radical (unpaired) electrons. The number of hydrogen-bond acceptors (Lipinski definition) is 3. The quantitative estimate of drug-likeness (QED) is 0.295. The molecule has 2 aromatic rings. The molecule has 0 amide bonds. The van der Waals surface area contributed by atoms with Crippen LogP contribution in [-0.2, 0) is 9.84 Å². The third-order valence-corrected chi connectivity index (χ3v) is 10.5. The second kappa shape index (κ2) is 13.1. The Kier molecular flexibility index (Phi) is 10.8. The Hall–Kier alpha value is -1.78. The molecule has 2 aromatic carbocycles. The molecule has 178 valence electrons. The molecule has 0 aromatic heterocycles. The van der Waals surface area contributed by atoms with Crippen LogP contribution >= 0.6 is 0 Å². The first-order chi connectivity index (χ1) is 15.3. The summed E-state index contributed by atoms with van der Waals surface area (Å²) in [4.78, 5) is 0. The molecule has 1 heterocycles. The molecule has 1 atom stereocenters. The predicted octanol–water partition coefficient (Wildman–Crippen LogP) is 8.16. The highest BCUT2D eigenvalue weighted by molar-refractivity contribution is 6.72. The fraction of sp³-hybridized carbons (Fsp3) is 0.571. The van der Waals surface area contributed by atoms with Gasteiger partial charge in [0.1, 0.15) is 11.5 Å². The molecule has 3 rings (SSSR count). The van der Waals surface area contributed by atoms with E-state index in [1.165, 1.54) is 63.5 Å². The van der Waals surface area contributed by atoms with Crippen molar-refractivity contribution in [2.75, 3.05) is 6.61 Å². The SMILES string of the molecule is CC(C)(c1ccc(O)cc1)c1ccc(O)cc1.CCCCCCCC[Si]1(C)CCCCO1. The van der Waals surface area contributed by atoms with E-state index in [9.17, 15) is 10.2 Å². The van der Waals surface area contributed by atoms with Crippen molar-refractivity contribution in [1.82, 2.24) is 0 Å². The lowest BCUT2D eigenvalue weighted by Gasteiger charge is -2.31. The van der Waals surface area contributed by atoms with Crippen molar-refractivity contribution in [2.24, 2.45) is 0 Å². The van der Waals surface area contributed by atoms with Gasteiger partial charge in [0, 0.05) is 12.0 Å². The fourth-order valence-corrected chi connectivity index (χ4v) is 7.56. The summed E-state index contributed by atoms with van der Waals surface area (Å²) in [7, 11) is -1.21. The monoisotopic (exact) mass is 456 g/mol. The number of phenolic OH excluding ortho intramolecular Hbond substituents is 2. The predicted molar refractivity (Wildman–Crippen MR) is 138 cm³/mol. The number of unbranched alkanes of at least 4 members (excludes halogenated alkanes) is 5. The molecule has 4 heteroatoms. The largest absolute Gasteiger partial charge is 0.508 e. The molecule has 0 bridgehead atoms. The van der Waals surface area contributed by atoms with Crippen LogP contribution in [0.3, 0.4) is 0 Å². The summed E-state index contributed by atoms with van der Waals surface area (Å²) < 4.78 is 6.03. The first kappa shape index (κ1) is 26.5. The van der Waals surface area contributed by atoms with Crippen LogP contribution in [0.2, 0.25) is 18.6 Å². The van der Waals surface area contributed by atoms with Gasteiger partial charge in [-0.05, 0) is 60.4 Å². The van der Waals surface area contributed by atoms with Crippen molar-refractivity contribution >= 4 is 8.32 Å². The lowest BCUT2D eigenvalue weighted by atomic mass is 9.78. The normalized spacial score (nSPS) is 18.6. The molecule has 1 fully saturated rings. The molecular formula is C28H44O3Si. The average molecular weight is 457 g/mol. The third kappa shape index (κ3) is 8.63. The van der Waals surface area contributed by atoms with E-state index >= 15 is 0 Å². The highest BCUT2D eigenvalue weighted by atomic mass is 28.4. The molecular weight excluding hydrogens is 412 g/mol.